The predicted octanol–water partition coefficient (Wildman–Crippen LogP) is 3.38. The summed E-state index contributed by atoms with van der Waals surface area (Å²) in [5, 5.41) is 11.8. The van der Waals surface area contributed by atoms with Gasteiger partial charge < -0.3 is 15.2 Å². The largest absolute Gasteiger partial charge is 0.511 e. The van der Waals surface area contributed by atoms with E-state index in [9.17, 15) is 8.78 Å². The summed E-state index contributed by atoms with van der Waals surface area (Å²) in [5.74, 6) is -0.844. The summed E-state index contributed by atoms with van der Waals surface area (Å²) < 4.78 is 32.2. The van der Waals surface area contributed by atoms with E-state index in [2.05, 4.69) is 16.9 Å². The normalized spacial score (nSPS) is 18.2. The summed E-state index contributed by atoms with van der Waals surface area (Å²) in [5.41, 5.74) is 1.19. The van der Waals surface area contributed by atoms with Gasteiger partial charge in [0.15, 0.2) is 5.83 Å². The van der Waals surface area contributed by atoms with Gasteiger partial charge in [-0.1, -0.05) is 18.7 Å². The van der Waals surface area contributed by atoms with Crippen LogP contribution in [0.3, 0.4) is 0 Å². The van der Waals surface area contributed by atoms with Crippen molar-refractivity contribution in [1.29, 1.82) is 0 Å². The van der Waals surface area contributed by atoms with Gasteiger partial charge in [-0.2, -0.15) is 0 Å². The van der Waals surface area contributed by atoms with Gasteiger partial charge in [0.1, 0.15) is 17.8 Å². The summed E-state index contributed by atoms with van der Waals surface area (Å²) in [6, 6.07) is 5.99. The highest BCUT2D eigenvalue weighted by molar-refractivity contribution is 5.77. The molecule has 1 aliphatic heterocycles. The lowest BCUT2D eigenvalue weighted by Gasteiger charge is -2.13. The van der Waals surface area contributed by atoms with E-state index < -0.39 is 12.1 Å². The first-order valence-corrected chi connectivity index (χ1v) is 6.93. The molecule has 0 radical (unpaired) electrons. The summed E-state index contributed by atoms with van der Waals surface area (Å²) >= 11 is 0. The van der Waals surface area contributed by atoms with E-state index in [1.54, 1.807) is 12.1 Å². The quantitative estimate of drug-likeness (QED) is 0.792. The first-order valence-electron chi connectivity index (χ1n) is 6.93. The Morgan fingerprint density at radius 1 is 1.36 bits per heavy atom. The SMILES string of the molecule is C=C(O)CNC1=C(F)C=NC(OCc2ccc(F)cc2)CC1. The molecular weight excluding hydrogens is 290 g/mol. The molecule has 0 aliphatic carbocycles. The zero-order valence-corrected chi connectivity index (χ0v) is 12.1. The van der Waals surface area contributed by atoms with Crippen LogP contribution in [0.2, 0.25) is 0 Å². The zero-order chi connectivity index (χ0) is 15.9. The highest BCUT2D eigenvalue weighted by Gasteiger charge is 2.15. The fraction of sp³-hybridized carbons (Fsp3) is 0.312. The Balaban J connectivity index is 1.85. The van der Waals surface area contributed by atoms with E-state index in [-0.39, 0.29) is 24.7 Å². The van der Waals surface area contributed by atoms with E-state index >= 15 is 0 Å². The summed E-state index contributed by atoms with van der Waals surface area (Å²) in [6.07, 6.45) is 1.57. The molecule has 0 spiro atoms. The molecule has 1 aromatic rings. The number of hydrogen-bond donors (Lipinski definition) is 2. The van der Waals surface area contributed by atoms with Gasteiger partial charge in [0, 0.05) is 5.70 Å². The van der Waals surface area contributed by atoms with E-state index in [1.165, 1.54) is 12.1 Å². The summed E-state index contributed by atoms with van der Waals surface area (Å²) in [6.45, 7) is 3.71. The van der Waals surface area contributed by atoms with Crippen LogP contribution in [0.15, 0.2) is 53.1 Å². The third-order valence-electron chi connectivity index (χ3n) is 3.15. The van der Waals surface area contributed by atoms with Crippen molar-refractivity contribution in [1.82, 2.24) is 5.32 Å². The fourth-order valence-electron chi connectivity index (χ4n) is 1.97. The molecule has 0 aromatic heterocycles. The van der Waals surface area contributed by atoms with Crippen LogP contribution >= 0.6 is 0 Å². The average molecular weight is 308 g/mol. The van der Waals surface area contributed by atoms with Crippen LogP contribution in [0.25, 0.3) is 0 Å². The van der Waals surface area contributed by atoms with Crippen LogP contribution in [0.5, 0.6) is 0 Å². The molecule has 1 unspecified atom stereocenters. The number of halogens is 2. The highest BCUT2D eigenvalue weighted by Crippen LogP contribution is 2.18. The molecule has 4 nitrogen and oxygen atoms in total. The standard InChI is InChI=1S/C16H18F2N2O2/c1-11(21)8-19-15-6-7-16(20-9-14(15)18)22-10-12-2-4-13(17)5-3-12/h2-5,9,16,19,21H,1,6-8,10H2. The number of allylic oxidation sites excluding steroid dienone is 2. The lowest BCUT2D eigenvalue weighted by molar-refractivity contribution is 0.0420. The molecule has 0 bridgehead atoms. The smallest absolute Gasteiger partial charge is 0.159 e. The minimum absolute atomic E-state index is 0.0643. The third-order valence-corrected chi connectivity index (χ3v) is 3.15. The minimum atomic E-state index is -0.478. The zero-order valence-electron chi connectivity index (χ0n) is 12.1. The number of rotatable bonds is 6. The monoisotopic (exact) mass is 308 g/mol. The van der Waals surface area contributed by atoms with Crippen molar-refractivity contribution in [2.45, 2.75) is 25.7 Å². The summed E-state index contributed by atoms with van der Waals surface area (Å²) in [4.78, 5) is 4.04. The van der Waals surface area contributed by atoms with Crippen molar-refractivity contribution in [3.05, 3.63) is 59.5 Å². The molecule has 1 heterocycles. The van der Waals surface area contributed by atoms with Crippen molar-refractivity contribution >= 4 is 6.21 Å². The summed E-state index contributed by atoms with van der Waals surface area (Å²) in [7, 11) is 0. The van der Waals surface area contributed by atoms with Crippen molar-refractivity contribution in [3.8, 4) is 0 Å². The molecule has 1 atom stereocenters. The van der Waals surface area contributed by atoms with Gasteiger partial charge in [-0.3, -0.25) is 4.99 Å². The van der Waals surface area contributed by atoms with Gasteiger partial charge in [-0.15, -0.1) is 0 Å². The second-order valence-corrected chi connectivity index (χ2v) is 4.96. The number of nitrogens with one attached hydrogen (secondary N) is 1. The number of nitrogens with zero attached hydrogens (tertiary/aromatic N) is 1. The molecule has 1 aromatic carbocycles. The maximum absolute atomic E-state index is 13.8. The van der Waals surface area contributed by atoms with Crippen LogP contribution < -0.4 is 5.32 Å². The van der Waals surface area contributed by atoms with Crippen LogP contribution in [0, 0.1) is 5.82 Å². The number of aliphatic hydroxyl groups is 1. The van der Waals surface area contributed by atoms with Gasteiger partial charge >= 0.3 is 0 Å². The topological polar surface area (TPSA) is 53.8 Å². The maximum atomic E-state index is 13.8. The van der Waals surface area contributed by atoms with Crippen molar-refractivity contribution in [3.63, 3.8) is 0 Å². The highest BCUT2D eigenvalue weighted by atomic mass is 19.1. The van der Waals surface area contributed by atoms with E-state index in [0.29, 0.717) is 18.5 Å². The molecule has 0 saturated heterocycles. The second kappa shape index (κ2) is 7.70. The van der Waals surface area contributed by atoms with Crippen molar-refractivity contribution < 1.29 is 18.6 Å². The molecule has 22 heavy (non-hydrogen) atoms. The first kappa shape index (κ1) is 16.2. The molecule has 2 N–H and O–H groups in total. The predicted molar refractivity (Wildman–Crippen MR) is 80.6 cm³/mol. The molecule has 0 saturated carbocycles. The average Bonchev–Trinajstić information content (AvgIpc) is 2.67. The number of aliphatic imine (C=N–C) groups is 1. The van der Waals surface area contributed by atoms with E-state index in [0.717, 1.165) is 11.8 Å². The Morgan fingerprint density at radius 2 is 2.09 bits per heavy atom. The fourth-order valence-corrected chi connectivity index (χ4v) is 1.97. The molecule has 2 rings (SSSR count). The lowest BCUT2D eigenvalue weighted by atomic mass is 10.2. The van der Waals surface area contributed by atoms with Crippen LogP contribution in [-0.2, 0) is 11.3 Å². The van der Waals surface area contributed by atoms with Crippen LogP contribution in [0.1, 0.15) is 18.4 Å². The van der Waals surface area contributed by atoms with Gasteiger partial charge in [0.25, 0.3) is 0 Å². The van der Waals surface area contributed by atoms with Crippen LogP contribution in [0.4, 0.5) is 8.78 Å². The Labute approximate surface area is 127 Å². The Hall–Kier alpha value is -2.21. The third kappa shape index (κ3) is 4.96. The van der Waals surface area contributed by atoms with Crippen molar-refractivity contribution in [2.75, 3.05) is 6.54 Å². The van der Waals surface area contributed by atoms with E-state index in [1.807, 2.05) is 0 Å². The molecule has 0 amide bonds. The molecular formula is C16H18F2N2O2. The molecule has 0 fully saturated rings. The van der Waals surface area contributed by atoms with Gasteiger partial charge in [-0.05, 0) is 30.5 Å². The maximum Gasteiger partial charge on any atom is 0.159 e. The number of hydrogen-bond acceptors (Lipinski definition) is 4. The molecule has 1 aliphatic rings. The molecule has 118 valence electrons. The minimum Gasteiger partial charge on any atom is -0.511 e. The van der Waals surface area contributed by atoms with Gasteiger partial charge in [0.05, 0.1) is 19.4 Å². The first-order chi connectivity index (χ1) is 10.5. The van der Waals surface area contributed by atoms with Gasteiger partial charge in [-0.25, -0.2) is 8.78 Å². The Bertz CT molecular complexity index is 582. The Kier molecular flexibility index (Phi) is 5.66. The number of benzene rings is 1. The number of aliphatic hydroxyl groups excluding tert-OH is 1. The number of ether oxygens (including phenoxy) is 1. The Morgan fingerprint density at radius 3 is 2.77 bits per heavy atom. The molecule has 6 heteroatoms. The van der Waals surface area contributed by atoms with Crippen LogP contribution in [-0.4, -0.2) is 24.1 Å². The van der Waals surface area contributed by atoms with E-state index in [4.69, 9.17) is 9.84 Å². The lowest BCUT2D eigenvalue weighted by Crippen LogP contribution is -2.18. The second-order valence-electron chi connectivity index (χ2n) is 4.96. The van der Waals surface area contributed by atoms with Crippen molar-refractivity contribution in [2.24, 2.45) is 4.99 Å². The van der Waals surface area contributed by atoms with Gasteiger partial charge in [0.2, 0.25) is 0 Å².